The van der Waals surface area contributed by atoms with Crippen LogP contribution in [-0.2, 0) is 20.7 Å². The van der Waals surface area contributed by atoms with E-state index in [1.165, 1.54) is 7.11 Å². The number of benzene rings is 1. The second-order valence-electron chi connectivity index (χ2n) is 7.30. The summed E-state index contributed by atoms with van der Waals surface area (Å²) >= 11 is 0. The zero-order chi connectivity index (χ0) is 21.8. The summed E-state index contributed by atoms with van der Waals surface area (Å²) < 4.78 is 11.4. The van der Waals surface area contributed by atoms with Gasteiger partial charge in [0, 0.05) is 19.2 Å². The van der Waals surface area contributed by atoms with Gasteiger partial charge in [-0.15, -0.1) is 0 Å². The molecule has 0 fully saturated rings. The van der Waals surface area contributed by atoms with Crippen molar-refractivity contribution in [3.63, 3.8) is 0 Å². The number of pyridine rings is 1. The molecule has 6 heteroatoms. The standard InChI is InChI=1S/C24H32N2O4/c1-4-6-17-30-21(12-5-2)24(23(28)29-3,18-19-13-8-7-9-14-19)26-22(27)20-15-10-11-16-25-20/h7-11,13-16,21H,4-6,12,17-18H2,1-3H3,(H,26,27). The van der Waals surface area contributed by atoms with Gasteiger partial charge in [-0.25, -0.2) is 4.79 Å². The third-order valence-electron chi connectivity index (χ3n) is 5.03. The SMILES string of the molecule is CCCCOC(CCC)C(Cc1ccccc1)(NC(=O)c1ccccn1)C(=O)OC. The smallest absolute Gasteiger partial charge is 0.334 e. The summed E-state index contributed by atoms with van der Waals surface area (Å²) in [5, 5.41) is 2.96. The average Bonchev–Trinajstić information content (AvgIpc) is 2.78. The number of nitrogens with one attached hydrogen (secondary N) is 1. The van der Waals surface area contributed by atoms with Gasteiger partial charge in [-0.2, -0.15) is 0 Å². The summed E-state index contributed by atoms with van der Waals surface area (Å²) in [6.45, 7) is 4.62. The summed E-state index contributed by atoms with van der Waals surface area (Å²) in [5.41, 5.74) is -0.221. The lowest BCUT2D eigenvalue weighted by molar-refractivity contribution is -0.156. The highest BCUT2D eigenvalue weighted by atomic mass is 16.5. The third-order valence-corrected chi connectivity index (χ3v) is 5.03. The Morgan fingerprint density at radius 2 is 1.80 bits per heavy atom. The molecule has 162 valence electrons. The molecular weight excluding hydrogens is 380 g/mol. The van der Waals surface area contributed by atoms with Crippen molar-refractivity contribution in [2.75, 3.05) is 13.7 Å². The number of hydrogen-bond donors (Lipinski definition) is 1. The fourth-order valence-electron chi connectivity index (χ4n) is 3.46. The van der Waals surface area contributed by atoms with Crippen LogP contribution in [0.2, 0.25) is 0 Å². The van der Waals surface area contributed by atoms with E-state index in [4.69, 9.17) is 9.47 Å². The predicted octanol–water partition coefficient (Wildman–Crippen LogP) is 3.95. The van der Waals surface area contributed by atoms with Crippen LogP contribution in [0.3, 0.4) is 0 Å². The molecule has 0 bridgehead atoms. The molecule has 0 aliphatic rings. The molecule has 2 rings (SSSR count). The number of rotatable bonds is 12. The van der Waals surface area contributed by atoms with Crippen LogP contribution in [0.5, 0.6) is 0 Å². The summed E-state index contributed by atoms with van der Waals surface area (Å²) in [6.07, 6.45) is 4.52. The zero-order valence-corrected chi connectivity index (χ0v) is 18.1. The van der Waals surface area contributed by atoms with E-state index in [0.29, 0.717) is 13.0 Å². The fraction of sp³-hybridized carbons (Fsp3) is 0.458. The first-order chi connectivity index (χ1) is 14.6. The van der Waals surface area contributed by atoms with E-state index >= 15 is 0 Å². The molecule has 30 heavy (non-hydrogen) atoms. The minimum Gasteiger partial charge on any atom is -0.467 e. The molecule has 0 aliphatic carbocycles. The molecular formula is C24H32N2O4. The lowest BCUT2D eigenvalue weighted by Gasteiger charge is -2.39. The van der Waals surface area contributed by atoms with E-state index in [9.17, 15) is 9.59 Å². The van der Waals surface area contributed by atoms with Crippen molar-refractivity contribution in [3.05, 3.63) is 66.0 Å². The van der Waals surface area contributed by atoms with E-state index in [2.05, 4.69) is 17.2 Å². The first-order valence-corrected chi connectivity index (χ1v) is 10.5. The third kappa shape index (κ3) is 6.13. The number of nitrogens with zero attached hydrogens (tertiary/aromatic N) is 1. The van der Waals surface area contributed by atoms with E-state index in [1.54, 1.807) is 24.4 Å². The van der Waals surface area contributed by atoms with Gasteiger partial charge in [0.25, 0.3) is 5.91 Å². The van der Waals surface area contributed by atoms with Crippen LogP contribution < -0.4 is 5.32 Å². The highest BCUT2D eigenvalue weighted by Gasteiger charge is 2.49. The Labute approximate surface area is 179 Å². The number of carbonyl (C=O) groups excluding carboxylic acids is 2. The van der Waals surface area contributed by atoms with Crippen LogP contribution in [0, 0.1) is 0 Å². The minimum atomic E-state index is -1.37. The first kappa shape index (κ1) is 23.5. The number of ether oxygens (including phenoxy) is 2. The maximum atomic E-state index is 13.2. The van der Waals surface area contributed by atoms with Crippen molar-refractivity contribution in [1.29, 1.82) is 0 Å². The number of methoxy groups -OCH3 is 1. The number of esters is 1. The average molecular weight is 413 g/mol. The summed E-state index contributed by atoms with van der Waals surface area (Å²) in [5.74, 6) is -0.956. The Balaban J connectivity index is 2.48. The molecule has 2 atom stereocenters. The predicted molar refractivity (Wildman–Crippen MR) is 116 cm³/mol. The van der Waals surface area contributed by atoms with Crippen molar-refractivity contribution in [2.24, 2.45) is 0 Å². The van der Waals surface area contributed by atoms with E-state index in [0.717, 1.165) is 24.8 Å². The number of amides is 1. The normalized spacial score (nSPS) is 13.8. The molecule has 0 saturated carbocycles. The Morgan fingerprint density at radius 3 is 2.40 bits per heavy atom. The molecule has 0 saturated heterocycles. The molecule has 2 unspecified atom stereocenters. The van der Waals surface area contributed by atoms with Crippen LogP contribution in [0.4, 0.5) is 0 Å². The molecule has 0 spiro atoms. The van der Waals surface area contributed by atoms with Gasteiger partial charge in [-0.05, 0) is 30.5 Å². The van der Waals surface area contributed by atoms with Gasteiger partial charge in [-0.1, -0.05) is 63.1 Å². The van der Waals surface area contributed by atoms with Crippen molar-refractivity contribution < 1.29 is 19.1 Å². The number of carbonyl (C=O) groups is 2. The number of aromatic nitrogens is 1. The summed E-state index contributed by atoms with van der Waals surface area (Å²) in [6, 6.07) is 14.7. The largest absolute Gasteiger partial charge is 0.467 e. The fourth-order valence-corrected chi connectivity index (χ4v) is 3.46. The highest BCUT2D eigenvalue weighted by Crippen LogP contribution is 2.27. The van der Waals surface area contributed by atoms with Gasteiger partial charge in [0.15, 0.2) is 5.54 Å². The molecule has 0 aliphatic heterocycles. The lowest BCUT2D eigenvalue weighted by Crippen LogP contribution is -2.64. The quantitative estimate of drug-likeness (QED) is 0.422. The molecule has 1 heterocycles. The van der Waals surface area contributed by atoms with E-state index in [1.807, 2.05) is 37.3 Å². The topological polar surface area (TPSA) is 77.5 Å². The van der Waals surface area contributed by atoms with Gasteiger partial charge in [0.2, 0.25) is 0 Å². The highest BCUT2D eigenvalue weighted by molar-refractivity contribution is 5.97. The molecule has 1 amide bonds. The Bertz CT molecular complexity index is 782. The molecule has 1 aromatic carbocycles. The van der Waals surface area contributed by atoms with Gasteiger partial charge < -0.3 is 14.8 Å². The molecule has 6 nitrogen and oxygen atoms in total. The summed E-state index contributed by atoms with van der Waals surface area (Å²) in [4.78, 5) is 30.4. The lowest BCUT2D eigenvalue weighted by atomic mass is 9.82. The van der Waals surface area contributed by atoms with Crippen molar-refractivity contribution >= 4 is 11.9 Å². The van der Waals surface area contributed by atoms with Crippen LogP contribution in [0.15, 0.2) is 54.7 Å². The van der Waals surface area contributed by atoms with E-state index < -0.39 is 23.5 Å². The zero-order valence-electron chi connectivity index (χ0n) is 18.1. The monoisotopic (exact) mass is 412 g/mol. The molecule has 0 radical (unpaired) electrons. The van der Waals surface area contributed by atoms with Gasteiger partial charge >= 0.3 is 5.97 Å². The van der Waals surface area contributed by atoms with Gasteiger partial charge in [0.05, 0.1) is 13.2 Å². The van der Waals surface area contributed by atoms with E-state index in [-0.39, 0.29) is 12.1 Å². The summed E-state index contributed by atoms with van der Waals surface area (Å²) in [7, 11) is 1.34. The van der Waals surface area contributed by atoms with Crippen LogP contribution in [0.1, 0.15) is 55.6 Å². The second-order valence-corrected chi connectivity index (χ2v) is 7.30. The van der Waals surface area contributed by atoms with Crippen molar-refractivity contribution in [1.82, 2.24) is 10.3 Å². The Morgan fingerprint density at radius 1 is 1.07 bits per heavy atom. The number of hydrogen-bond acceptors (Lipinski definition) is 5. The van der Waals surface area contributed by atoms with Gasteiger partial charge in [-0.3, -0.25) is 9.78 Å². The molecule has 1 N–H and O–H groups in total. The Hall–Kier alpha value is -2.73. The van der Waals surface area contributed by atoms with Crippen LogP contribution in [-0.4, -0.2) is 42.2 Å². The first-order valence-electron chi connectivity index (χ1n) is 10.5. The second kappa shape index (κ2) is 12.1. The maximum Gasteiger partial charge on any atom is 0.334 e. The number of unbranched alkanes of at least 4 members (excludes halogenated alkanes) is 1. The maximum absolute atomic E-state index is 13.2. The van der Waals surface area contributed by atoms with Crippen LogP contribution in [0.25, 0.3) is 0 Å². The van der Waals surface area contributed by atoms with Crippen molar-refractivity contribution in [3.8, 4) is 0 Å². The minimum absolute atomic E-state index is 0.239. The molecule has 1 aromatic heterocycles. The van der Waals surface area contributed by atoms with Gasteiger partial charge in [0.1, 0.15) is 5.69 Å². The Kier molecular flexibility index (Phi) is 9.48. The van der Waals surface area contributed by atoms with Crippen LogP contribution >= 0.6 is 0 Å². The molecule has 2 aromatic rings. The van der Waals surface area contributed by atoms with Crippen molar-refractivity contribution in [2.45, 2.75) is 57.6 Å².